The molecule has 13 heteroatoms. The van der Waals surface area contributed by atoms with Crippen LogP contribution < -0.4 is 20.7 Å². The van der Waals surface area contributed by atoms with Gasteiger partial charge in [-0.3, -0.25) is 4.68 Å². The topological polar surface area (TPSA) is 132 Å². The first-order chi connectivity index (χ1) is 19.5. The second-order valence-corrected chi connectivity index (χ2v) is 13.6. The van der Waals surface area contributed by atoms with E-state index in [4.69, 9.17) is 21.1 Å². The average molecular weight is 604 g/mol. The molecule has 2 fully saturated rings. The molecule has 5 rings (SSSR count). The number of anilines is 4. The van der Waals surface area contributed by atoms with Crippen molar-refractivity contribution in [1.82, 2.24) is 25.1 Å². The summed E-state index contributed by atoms with van der Waals surface area (Å²) in [4.78, 5) is 8.96. The molecule has 2 aliphatic rings. The molecule has 2 aromatic heterocycles. The van der Waals surface area contributed by atoms with Gasteiger partial charge in [0, 0.05) is 32.8 Å². The van der Waals surface area contributed by atoms with Gasteiger partial charge in [-0.15, -0.1) is 0 Å². The minimum absolute atomic E-state index is 0.0232. The van der Waals surface area contributed by atoms with Gasteiger partial charge in [-0.25, -0.2) is 13.4 Å². The van der Waals surface area contributed by atoms with Crippen LogP contribution in [0.25, 0.3) is 0 Å². The highest BCUT2D eigenvalue weighted by Crippen LogP contribution is 2.40. The fraction of sp³-hybridized carbons (Fsp3) is 0.536. The number of aryl methyl sites for hydroxylation is 2. The molecular weight excluding hydrogens is 566 g/mol. The van der Waals surface area contributed by atoms with E-state index >= 15 is 0 Å². The first kappa shape index (κ1) is 29.6. The third-order valence-electron chi connectivity index (χ3n) is 7.20. The summed E-state index contributed by atoms with van der Waals surface area (Å²) in [6, 6.07) is 4.18. The lowest BCUT2D eigenvalue weighted by molar-refractivity contribution is 0.0622. The number of aromatic nitrogens is 4. The molecule has 1 aromatic carbocycles. The molecule has 2 unspecified atom stereocenters. The van der Waals surface area contributed by atoms with E-state index < -0.39 is 9.84 Å². The van der Waals surface area contributed by atoms with Crippen LogP contribution in [0.4, 0.5) is 23.1 Å². The minimum atomic E-state index is -3.62. The van der Waals surface area contributed by atoms with Crippen molar-refractivity contribution in [2.45, 2.75) is 63.2 Å². The van der Waals surface area contributed by atoms with Crippen molar-refractivity contribution < 1.29 is 17.9 Å². The molecule has 1 saturated heterocycles. The summed E-state index contributed by atoms with van der Waals surface area (Å²) < 4.78 is 39.5. The second kappa shape index (κ2) is 12.1. The summed E-state index contributed by atoms with van der Waals surface area (Å²) in [5.41, 5.74) is 3.38. The molecular formula is C28H38ClN7O4S. The third-order valence-corrected chi connectivity index (χ3v) is 9.47. The number of piperidine rings is 1. The molecule has 0 spiro atoms. The van der Waals surface area contributed by atoms with Crippen LogP contribution in [0.15, 0.2) is 29.6 Å². The second-order valence-electron chi connectivity index (χ2n) is 11.2. The molecule has 3 heterocycles. The Hall–Kier alpha value is -2.93. The number of nitrogens with one attached hydrogen (secondary N) is 3. The lowest BCUT2D eigenvalue weighted by Crippen LogP contribution is -2.40. The molecule has 2 atom stereocenters. The first-order valence-electron chi connectivity index (χ1n) is 13.9. The Morgan fingerprint density at radius 3 is 2.68 bits per heavy atom. The van der Waals surface area contributed by atoms with E-state index in [1.165, 1.54) is 16.4 Å². The maximum atomic E-state index is 13.0. The molecule has 222 valence electrons. The Labute approximate surface area is 246 Å². The van der Waals surface area contributed by atoms with Gasteiger partial charge in [0.15, 0.2) is 15.7 Å². The van der Waals surface area contributed by atoms with Gasteiger partial charge < -0.3 is 25.4 Å². The normalized spacial score (nSPS) is 19.4. The minimum Gasteiger partial charge on any atom is -0.488 e. The molecule has 0 amide bonds. The van der Waals surface area contributed by atoms with E-state index in [-0.39, 0.29) is 51.6 Å². The van der Waals surface area contributed by atoms with Crippen LogP contribution in [-0.2, 0) is 21.6 Å². The van der Waals surface area contributed by atoms with Crippen molar-refractivity contribution in [2.24, 2.45) is 13.0 Å². The summed E-state index contributed by atoms with van der Waals surface area (Å²) in [6.07, 6.45) is 6.37. The maximum Gasteiger partial charge on any atom is 0.229 e. The number of sulfone groups is 1. The van der Waals surface area contributed by atoms with Gasteiger partial charge >= 0.3 is 0 Å². The van der Waals surface area contributed by atoms with Gasteiger partial charge in [0.25, 0.3) is 0 Å². The Morgan fingerprint density at radius 1 is 1.20 bits per heavy atom. The van der Waals surface area contributed by atoms with Crippen LogP contribution in [0.3, 0.4) is 0 Å². The summed E-state index contributed by atoms with van der Waals surface area (Å²) >= 11 is 6.44. The van der Waals surface area contributed by atoms with E-state index in [1.54, 1.807) is 20.4 Å². The van der Waals surface area contributed by atoms with Crippen molar-refractivity contribution in [1.29, 1.82) is 0 Å². The first-order valence-corrected chi connectivity index (χ1v) is 15.9. The van der Waals surface area contributed by atoms with Crippen molar-refractivity contribution in [2.75, 3.05) is 36.6 Å². The van der Waals surface area contributed by atoms with E-state index in [2.05, 4.69) is 50.1 Å². The lowest BCUT2D eigenvalue weighted by atomic mass is 9.85. The summed E-state index contributed by atoms with van der Waals surface area (Å²) in [6.45, 7) is 7.54. The Bertz CT molecular complexity index is 1510. The predicted octanol–water partition coefficient (Wildman–Crippen LogP) is 4.72. The molecule has 1 aliphatic carbocycles. The molecule has 3 N–H and O–H groups in total. The van der Waals surface area contributed by atoms with Gasteiger partial charge in [-0.05, 0) is 61.9 Å². The number of nitrogens with zero attached hydrogens (tertiary/aromatic N) is 4. The Morgan fingerprint density at radius 2 is 1.98 bits per heavy atom. The van der Waals surface area contributed by atoms with Gasteiger partial charge in [0.05, 0.1) is 35.5 Å². The van der Waals surface area contributed by atoms with Gasteiger partial charge in [0.1, 0.15) is 10.8 Å². The fourth-order valence-corrected chi connectivity index (χ4v) is 7.03. The van der Waals surface area contributed by atoms with Crippen molar-refractivity contribution in [3.8, 4) is 5.75 Å². The van der Waals surface area contributed by atoms with Crippen LogP contribution in [0.2, 0.25) is 5.02 Å². The highest BCUT2D eigenvalue weighted by molar-refractivity contribution is 7.91. The molecule has 11 nitrogen and oxygen atoms in total. The highest BCUT2D eigenvalue weighted by Gasteiger charge is 2.31. The number of hydrogen-bond donors (Lipinski definition) is 3. The number of halogens is 1. The zero-order valence-corrected chi connectivity index (χ0v) is 25.6. The molecule has 1 saturated carbocycles. The lowest BCUT2D eigenvalue weighted by Gasteiger charge is -2.33. The fourth-order valence-electron chi connectivity index (χ4n) is 5.16. The largest absolute Gasteiger partial charge is 0.488 e. The SMILES string of the molecule is COC1CNCCC1c1cc(OC2CC2)c(Nc2ncc(Cl)c(Nc3cn(C)nc3S(=O)(=O)CC(C)C)n2)cc1C. The molecule has 3 aromatic rings. The number of ether oxygens (including phenoxy) is 2. The van der Waals surface area contributed by atoms with Crippen LogP contribution in [0, 0.1) is 12.8 Å². The van der Waals surface area contributed by atoms with E-state index in [0.29, 0.717) is 5.69 Å². The van der Waals surface area contributed by atoms with Crippen LogP contribution in [0.5, 0.6) is 5.75 Å². The zero-order chi connectivity index (χ0) is 29.3. The van der Waals surface area contributed by atoms with E-state index in [1.807, 2.05) is 13.8 Å². The Kier molecular flexibility index (Phi) is 8.74. The number of rotatable bonds is 11. The van der Waals surface area contributed by atoms with Crippen molar-refractivity contribution in [3.63, 3.8) is 0 Å². The molecule has 1 aliphatic heterocycles. The summed E-state index contributed by atoms with van der Waals surface area (Å²) in [5, 5.41) is 14.2. The third kappa shape index (κ3) is 6.94. The van der Waals surface area contributed by atoms with Crippen LogP contribution >= 0.6 is 11.6 Å². The van der Waals surface area contributed by atoms with Crippen LogP contribution in [-0.4, -0.2) is 66.3 Å². The highest BCUT2D eigenvalue weighted by atomic mass is 35.5. The van der Waals surface area contributed by atoms with Crippen molar-refractivity contribution >= 4 is 44.6 Å². The van der Waals surface area contributed by atoms with Crippen molar-refractivity contribution in [3.05, 3.63) is 40.7 Å². The standard InChI is InChI=1S/C28H38ClN7O4S/c1-16(2)15-41(37,38)27-23(14-36(4)35-27)32-26-21(29)12-31-28(34-26)33-22-10-17(3)20(11-24(22)40-18-6-7-18)19-8-9-30-13-25(19)39-5/h10-12,14,16,18-19,25,30H,6-9,13,15H2,1-5H3,(H2,31,32,33,34). The maximum absolute atomic E-state index is 13.0. The number of hydrogen-bond acceptors (Lipinski definition) is 10. The molecule has 0 radical (unpaired) electrons. The van der Waals surface area contributed by atoms with E-state index in [9.17, 15) is 8.42 Å². The summed E-state index contributed by atoms with van der Waals surface area (Å²) in [5.74, 6) is 1.48. The van der Waals surface area contributed by atoms with Gasteiger partial charge in [-0.2, -0.15) is 10.1 Å². The smallest absolute Gasteiger partial charge is 0.229 e. The summed E-state index contributed by atoms with van der Waals surface area (Å²) in [7, 11) is -0.196. The zero-order valence-electron chi connectivity index (χ0n) is 24.1. The van der Waals surface area contributed by atoms with E-state index in [0.717, 1.165) is 49.4 Å². The van der Waals surface area contributed by atoms with Crippen LogP contribution in [0.1, 0.15) is 50.2 Å². The van der Waals surface area contributed by atoms with Gasteiger partial charge in [0.2, 0.25) is 11.0 Å². The Balaban J connectivity index is 1.44. The number of methoxy groups -OCH3 is 1. The predicted molar refractivity (Wildman–Crippen MR) is 160 cm³/mol. The molecule has 0 bridgehead atoms. The quantitative estimate of drug-likeness (QED) is 0.283. The molecule has 41 heavy (non-hydrogen) atoms. The monoisotopic (exact) mass is 603 g/mol. The van der Waals surface area contributed by atoms with Gasteiger partial charge in [-0.1, -0.05) is 25.4 Å². The average Bonchev–Trinajstić information content (AvgIpc) is 3.65. The number of benzene rings is 1.